The highest BCUT2D eigenvalue weighted by atomic mass is 32.1. The van der Waals surface area contributed by atoms with Gasteiger partial charge in [0.25, 0.3) is 0 Å². The summed E-state index contributed by atoms with van der Waals surface area (Å²) >= 11 is 1.76. The molecule has 4 nitrogen and oxygen atoms in total. The summed E-state index contributed by atoms with van der Waals surface area (Å²) in [7, 11) is 1.83. The zero-order valence-corrected chi connectivity index (χ0v) is 14.8. The Hall–Kier alpha value is -2.14. The monoisotopic (exact) mass is 327 g/mol. The molecule has 0 saturated carbocycles. The van der Waals surface area contributed by atoms with Crippen molar-refractivity contribution in [1.29, 1.82) is 0 Å². The first kappa shape index (κ1) is 15.7. The smallest absolute Gasteiger partial charge is 0.242 e. The lowest BCUT2D eigenvalue weighted by Crippen LogP contribution is -2.29. The predicted molar refractivity (Wildman–Crippen MR) is 95.8 cm³/mol. The number of thiophene rings is 1. The van der Waals surface area contributed by atoms with E-state index in [-0.39, 0.29) is 5.91 Å². The lowest BCUT2D eigenvalue weighted by molar-refractivity contribution is -0.130. The van der Waals surface area contributed by atoms with Crippen molar-refractivity contribution < 1.29 is 4.79 Å². The maximum absolute atomic E-state index is 12.2. The zero-order chi connectivity index (χ0) is 16.6. The van der Waals surface area contributed by atoms with E-state index in [4.69, 9.17) is 0 Å². The van der Waals surface area contributed by atoms with Gasteiger partial charge in [-0.1, -0.05) is 0 Å². The van der Waals surface area contributed by atoms with E-state index in [9.17, 15) is 4.79 Å². The van der Waals surface area contributed by atoms with Crippen LogP contribution in [0, 0.1) is 13.8 Å². The van der Waals surface area contributed by atoms with E-state index in [0.717, 1.165) is 28.7 Å². The highest BCUT2D eigenvalue weighted by Gasteiger charge is 2.13. The van der Waals surface area contributed by atoms with Gasteiger partial charge in [0.15, 0.2) is 0 Å². The molecule has 120 valence electrons. The molecule has 3 aromatic rings. The minimum Gasteiger partial charge on any atom is -0.344 e. The van der Waals surface area contributed by atoms with E-state index < -0.39 is 0 Å². The Morgan fingerprint density at radius 1 is 1.35 bits per heavy atom. The topological polar surface area (TPSA) is 38.1 Å². The van der Waals surface area contributed by atoms with Gasteiger partial charge in [-0.3, -0.25) is 9.78 Å². The number of aryl methyl sites for hydroxylation is 2. The van der Waals surface area contributed by atoms with E-state index in [0.29, 0.717) is 6.54 Å². The van der Waals surface area contributed by atoms with E-state index in [2.05, 4.69) is 30.1 Å². The van der Waals surface area contributed by atoms with Gasteiger partial charge in [-0.15, -0.1) is 11.3 Å². The van der Waals surface area contributed by atoms with Crippen LogP contribution in [-0.4, -0.2) is 34.0 Å². The summed E-state index contributed by atoms with van der Waals surface area (Å²) in [5.41, 5.74) is 4.19. The molecule has 3 heterocycles. The van der Waals surface area contributed by atoms with Crippen molar-refractivity contribution in [3.05, 3.63) is 41.0 Å². The number of hydrogen-bond donors (Lipinski definition) is 0. The molecule has 0 N–H and O–H groups in total. The number of nitrogens with zero attached hydrogens (tertiary/aromatic N) is 3. The van der Waals surface area contributed by atoms with Gasteiger partial charge in [-0.25, -0.2) is 0 Å². The molecule has 0 aromatic carbocycles. The number of aromatic nitrogens is 2. The molecule has 0 saturated heterocycles. The van der Waals surface area contributed by atoms with Crippen molar-refractivity contribution >= 4 is 28.3 Å². The van der Waals surface area contributed by atoms with Gasteiger partial charge in [-0.2, -0.15) is 0 Å². The fourth-order valence-electron chi connectivity index (χ4n) is 2.64. The third-order valence-corrected chi connectivity index (χ3v) is 5.18. The molecule has 0 aliphatic rings. The van der Waals surface area contributed by atoms with Crippen molar-refractivity contribution in [3.8, 4) is 10.4 Å². The van der Waals surface area contributed by atoms with Crippen LogP contribution in [0.5, 0.6) is 0 Å². The number of fused-ring (bicyclic) bond motifs is 1. The van der Waals surface area contributed by atoms with Crippen LogP contribution >= 0.6 is 11.3 Å². The number of likely N-dealkylation sites (N-methyl/N-ethyl adjacent to an activating group) is 1. The molecule has 3 aromatic heterocycles. The van der Waals surface area contributed by atoms with E-state index >= 15 is 0 Å². The summed E-state index contributed by atoms with van der Waals surface area (Å²) < 4.78 is 2.01. The molecular weight excluding hydrogens is 306 g/mol. The lowest BCUT2D eigenvalue weighted by atomic mass is 10.2. The van der Waals surface area contributed by atoms with Crippen molar-refractivity contribution in [2.75, 3.05) is 13.6 Å². The fraction of sp³-hybridized carbons (Fsp3) is 0.333. The Kier molecular flexibility index (Phi) is 4.22. The molecule has 3 rings (SSSR count). The van der Waals surface area contributed by atoms with Gasteiger partial charge in [-0.05, 0) is 44.5 Å². The number of pyridine rings is 1. The average Bonchev–Trinajstić information content (AvgIpc) is 3.10. The molecule has 0 spiro atoms. The van der Waals surface area contributed by atoms with Crippen molar-refractivity contribution in [2.24, 2.45) is 0 Å². The van der Waals surface area contributed by atoms with Crippen LogP contribution < -0.4 is 0 Å². The van der Waals surface area contributed by atoms with Crippen LogP contribution in [0.4, 0.5) is 0 Å². The van der Waals surface area contributed by atoms with Crippen LogP contribution in [0.1, 0.15) is 17.4 Å². The number of carbonyl (C=O) groups excluding carboxylic acids is 1. The van der Waals surface area contributed by atoms with Crippen LogP contribution in [0.15, 0.2) is 30.6 Å². The summed E-state index contributed by atoms with van der Waals surface area (Å²) in [4.78, 5) is 21.1. The van der Waals surface area contributed by atoms with Crippen molar-refractivity contribution in [2.45, 2.75) is 27.3 Å². The maximum atomic E-state index is 12.2. The SMILES string of the molecule is CCN(C)C(=O)Cn1cc(C)c2ncc(-c3ccc(C)s3)cc21. The summed E-state index contributed by atoms with van der Waals surface area (Å²) in [6.07, 6.45) is 3.94. The minimum absolute atomic E-state index is 0.113. The summed E-state index contributed by atoms with van der Waals surface area (Å²) in [5.74, 6) is 0.113. The minimum atomic E-state index is 0.113. The van der Waals surface area contributed by atoms with E-state index in [1.54, 1.807) is 16.2 Å². The van der Waals surface area contributed by atoms with Crippen molar-refractivity contribution in [1.82, 2.24) is 14.5 Å². The predicted octanol–water partition coefficient (Wildman–Crippen LogP) is 3.86. The van der Waals surface area contributed by atoms with Gasteiger partial charge < -0.3 is 9.47 Å². The molecule has 0 aliphatic heterocycles. The molecule has 23 heavy (non-hydrogen) atoms. The fourth-order valence-corrected chi connectivity index (χ4v) is 3.49. The molecule has 0 aliphatic carbocycles. The lowest BCUT2D eigenvalue weighted by Gasteiger charge is -2.15. The van der Waals surface area contributed by atoms with Gasteiger partial charge in [0.2, 0.25) is 5.91 Å². The largest absolute Gasteiger partial charge is 0.344 e. The van der Waals surface area contributed by atoms with Crippen LogP contribution in [-0.2, 0) is 11.3 Å². The Morgan fingerprint density at radius 3 is 2.78 bits per heavy atom. The quantitative estimate of drug-likeness (QED) is 0.730. The second-order valence-corrected chi connectivity index (χ2v) is 7.14. The number of rotatable bonds is 4. The number of hydrogen-bond acceptors (Lipinski definition) is 3. The van der Waals surface area contributed by atoms with Crippen LogP contribution in [0.25, 0.3) is 21.5 Å². The third kappa shape index (κ3) is 3.01. The van der Waals surface area contributed by atoms with E-state index in [1.807, 2.05) is 37.9 Å². The third-order valence-electron chi connectivity index (χ3n) is 4.13. The normalized spacial score (nSPS) is 11.1. The van der Waals surface area contributed by atoms with Crippen LogP contribution in [0.3, 0.4) is 0 Å². The molecule has 5 heteroatoms. The molecule has 0 unspecified atom stereocenters. The van der Waals surface area contributed by atoms with Crippen molar-refractivity contribution in [3.63, 3.8) is 0 Å². The molecule has 0 fully saturated rings. The number of carbonyl (C=O) groups is 1. The summed E-state index contributed by atoms with van der Waals surface area (Å²) in [5, 5.41) is 0. The second-order valence-electron chi connectivity index (χ2n) is 5.85. The first-order valence-corrected chi connectivity index (χ1v) is 8.57. The molecule has 0 bridgehead atoms. The molecule has 1 amide bonds. The second kappa shape index (κ2) is 6.16. The highest BCUT2D eigenvalue weighted by Crippen LogP contribution is 2.30. The summed E-state index contributed by atoms with van der Waals surface area (Å²) in [6.45, 7) is 7.19. The highest BCUT2D eigenvalue weighted by molar-refractivity contribution is 7.15. The molecular formula is C18H21N3OS. The summed E-state index contributed by atoms with van der Waals surface area (Å²) in [6, 6.07) is 6.38. The Balaban J connectivity index is 2.03. The van der Waals surface area contributed by atoms with Gasteiger partial charge in [0, 0.05) is 41.3 Å². The number of amides is 1. The first-order chi connectivity index (χ1) is 11.0. The average molecular weight is 327 g/mol. The van der Waals surface area contributed by atoms with Gasteiger partial charge in [0.05, 0.1) is 11.0 Å². The maximum Gasteiger partial charge on any atom is 0.242 e. The molecule has 0 radical (unpaired) electrons. The Bertz CT molecular complexity index is 862. The molecule has 0 atom stereocenters. The Labute approximate surface area is 140 Å². The standard InChI is InChI=1S/C18H21N3OS/c1-5-20(4)17(22)11-21-10-12(2)18-15(21)8-14(9-19-18)16-7-6-13(3)23-16/h6-10H,5,11H2,1-4H3. The Morgan fingerprint density at radius 2 is 2.13 bits per heavy atom. The van der Waals surface area contributed by atoms with Gasteiger partial charge in [0.1, 0.15) is 6.54 Å². The van der Waals surface area contributed by atoms with E-state index in [1.165, 1.54) is 9.75 Å². The first-order valence-electron chi connectivity index (χ1n) is 7.76. The van der Waals surface area contributed by atoms with Gasteiger partial charge >= 0.3 is 0 Å². The van der Waals surface area contributed by atoms with Crippen LogP contribution in [0.2, 0.25) is 0 Å². The zero-order valence-electron chi connectivity index (χ0n) is 14.0.